The fourth-order valence-electron chi connectivity index (χ4n) is 3.42. The van der Waals surface area contributed by atoms with E-state index in [2.05, 4.69) is 15.2 Å². The van der Waals surface area contributed by atoms with Gasteiger partial charge in [-0.3, -0.25) is 19.9 Å². The number of esters is 1. The zero-order chi connectivity index (χ0) is 21.0. The number of ether oxygens (including phenoxy) is 2. The molecule has 0 spiro atoms. The highest BCUT2D eigenvalue weighted by Gasteiger charge is 2.41. The lowest BCUT2D eigenvalue weighted by atomic mass is 9.75. The van der Waals surface area contributed by atoms with Gasteiger partial charge in [0.05, 0.1) is 11.5 Å². The van der Waals surface area contributed by atoms with Crippen LogP contribution in [0.2, 0.25) is 0 Å². The number of hydrogen-bond acceptors (Lipinski definition) is 9. The molecule has 1 aliphatic heterocycles. The Balaban J connectivity index is 2.12. The Labute approximate surface area is 166 Å². The number of nitro benzene ring substituents is 1. The molecule has 1 aliphatic rings. The van der Waals surface area contributed by atoms with E-state index in [4.69, 9.17) is 13.9 Å². The monoisotopic (exact) mass is 400 g/mol. The Morgan fingerprint density at radius 2 is 2.10 bits per heavy atom. The van der Waals surface area contributed by atoms with Crippen LogP contribution in [0, 0.1) is 16.0 Å². The molecule has 0 saturated heterocycles. The molecule has 0 fully saturated rings. The first-order valence-electron chi connectivity index (χ1n) is 8.86. The number of hydrogen-bond donors (Lipinski definition) is 0. The van der Waals surface area contributed by atoms with Crippen molar-refractivity contribution >= 4 is 22.9 Å². The SMILES string of the molecule is COCCOC(=O)C1C(C)=NC(C)=C(c2nnco2)C1c1cccc([N+](=O)[O-])c1. The van der Waals surface area contributed by atoms with Crippen molar-refractivity contribution in [1.29, 1.82) is 0 Å². The number of carbonyl (C=O) groups is 1. The first kappa shape index (κ1) is 20.3. The summed E-state index contributed by atoms with van der Waals surface area (Å²) >= 11 is 0. The van der Waals surface area contributed by atoms with E-state index >= 15 is 0 Å². The van der Waals surface area contributed by atoms with E-state index < -0.39 is 22.7 Å². The van der Waals surface area contributed by atoms with Crippen molar-refractivity contribution in [2.75, 3.05) is 20.3 Å². The quantitative estimate of drug-likeness (QED) is 0.300. The third kappa shape index (κ3) is 4.21. The summed E-state index contributed by atoms with van der Waals surface area (Å²) in [5.74, 6) is -1.75. The minimum atomic E-state index is -0.806. The van der Waals surface area contributed by atoms with Crippen LogP contribution in [0.5, 0.6) is 0 Å². The molecular weight excluding hydrogens is 380 g/mol. The third-order valence-electron chi connectivity index (χ3n) is 4.64. The number of nitro groups is 1. The number of aliphatic imine (C=N–C) groups is 1. The lowest BCUT2D eigenvalue weighted by molar-refractivity contribution is -0.384. The van der Waals surface area contributed by atoms with Crippen LogP contribution < -0.4 is 0 Å². The van der Waals surface area contributed by atoms with E-state index in [1.807, 2.05) is 0 Å². The van der Waals surface area contributed by atoms with E-state index in [-0.39, 0.29) is 24.8 Å². The van der Waals surface area contributed by atoms with E-state index in [0.717, 1.165) is 0 Å². The van der Waals surface area contributed by atoms with E-state index in [1.54, 1.807) is 26.0 Å². The maximum Gasteiger partial charge on any atom is 0.315 e. The molecule has 0 radical (unpaired) electrons. The molecule has 2 heterocycles. The van der Waals surface area contributed by atoms with Crippen LogP contribution in [0.4, 0.5) is 5.69 Å². The Kier molecular flexibility index (Phi) is 6.13. The van der Waals surface area contributed by atoms with Crippen molar-refractivity contribution < 1.29 is 23.6 Å². The molecule has 10 heteroatoms. The molecule has 2 unspecified atom stereocenters. The molecule has 0 aliphatic carbocycles. The maximum absolute atomic E-state index is 12.9. The lowest BCUT2D eigenvalue weighted by Gasteiger charge is -2.31. The van der Waals surface area contributed by atoms with Gasteiger partial charge in [0, 0.05) is 42.1 Å². The van der Waals surface area contributed by atoms with Crippen molar-refractivity contribution in [1.82, 2.24) is 10.2 Å². The first-order valence-corrected chi connectivity index (χ1v) is 8.86. The minimum Gasteiger partial charge on any atom is -0.463 e. The maximum atomic E-state index is 12.9. The first-order chi connectivity index (χ1) is 13.9. The van der Waals surface area contributed by atoms with Crippen molar-refractivity contribution in [3.63, 3.8) is 0 Å². The number of aromatic nitrogens is 2. The van der Waals surface area contributed by atoms with Gasteiger partial charge in [-0.05, 0) is 19.4 Å². The summed E-state index contributed by atoms with van der Waals surface area (Å²) < 4.78 is 15.7. The molecular formula is C19H20N4O6. The largest absolute Gasteiger partial charge is 0.463 e. The third-order valence-corrected chi connectivity index (χ3v) is 4.64. The fraction of sp³-hybridized carbons (Fsp3) is 0.368. The van der Waals surface area contributed by atoms with Crippen molar-refractivity contribution in [2.45, 2.75) is 19.8 Å². The molecule has 29 heavy (non-hydrogen) atoms. The summed E-state index contributed by atoms with van der Waals surface area (Å²) in [4.78, 5) is 28.2. The highest BCUT2D eigenvalue weighted by Crippen LogP contribution is 2.44. The second kappa shape index (κ2) is 8.74. The van der Waals surface area contributed by atoms with Crippen LogP contribution in [0.1, 0.15) is 31.2 Å². The molecule has 10 nitrogen and oxygen atoms in total. The standard InChI is InChI=1S/C19H20N4O6/c1-11-15(18-22-20-10-29-18)17(13-5-4-6-14(9-13)23(25)26)16(12(2)21-11)19(24)28-8-7-27-3/h4-6,9-10,16-17H,7-8H2,1-3H3. The molecule has 0 bridgehead atoms. The van der Waals surface area contributed by atoms with Gasteiger partial charge in [0.1, 0.15) is 12.5 Å². The molecule has 1 aromatic heterocycles. The topological polar surface area (TPSA) is 130 Å². The molecule has 0 amide bonds. The summed E-state index contributed by atoms with van der Waals surface area (Å²) in [5.41, 5.74) is 2.11. The average molecular weight is 400 g/mol. The predicted octanol–water partition coefficient (Wildman–Crippen LogP) is 2.77. The van der Waals surface area contributed by atoms with Gasteiger partial charge in [0.2, 0.25) is 12.3 Å². The normalized spacial score (nSPS) is 19.1. The molecule has 152 valence electrons. The smallest absolute Gasteiger partial charge is 0.315 e. The van der Waals surface area contributed by atoms with Crippen LogP contribution in [0.3, 0.4) is 0 Å². The van der Waals surface area contributed by atoms with E-state index in [1.165, 1.54) is 25.6 Å². The van der Waals surface area contributed by atoms with Gasteiger partial charge >= 0.3 is 5.97 Å². The number of rotatable bonds is 7. The minimum absolute atomic E-state index is 0.0827. The van der Waals surface area contributed by atoms with Crippen molar-refractivity contribution in [3.8, 4) is 0 Å². The lowest BCUT2D eigenvalue weighted by Crippen LogP contribution is -2.34. The van der Waals surface area contributed by atoms with Gasteiger partial charge in [-0.15, -0.1) is 10.2 Å². The van der Waals surface area contributed by atoms with Gasteiger partial charge in [-0.2, -0.15) is 0 Å². The highest BCUT2D eigenvalue weighted by atomic mass is 16.6. The number of carbonyl (C=O) groups excluding carboxylic acids is 1. The Morgan fingerprint density at radius 1 is 1.31 bits per heavy atom. The van der Waals surface area contributed by atoms with Crippen LogP contribution in [-0.2, 0) is 14.3 Å². The Morgan fingerprint density at radius 3 is 2.76 bits per heavy atom. The van der Waals surface area contributed by atoms with Crippen molar-refractivity contribution in [3.05, 3.63) is 57.9 Å². The molecule has 0 saturated carbocycles. The van der Waals surface area contributed by atoms with Crippen molar-refractivity contribution in [2.24, 2.45) is 10.9 Å². The number of nitrogens with zero attached hydrogens (tertiary/aromatic N) is 4. The van der Waals surface area contributed by atoms with Crippen LogP contribution in [-0.4, -0.2) is 47.1 Å². The van der Waals surface area contributed by atoms with Crippen LogP contribution in [0.15, 0.2) is 45.8 Å². The highest BCUT2D eigenvalue weighted by molar-refractivity contribution is 6.06. The zero-order valence-electron chi connectivity index (χ0n) is 16.2. The molecule has 2 aromatic rings. The number of non-ortho nitro benzene ring substituents is 1. The number of benzene rings is 1. The molecule has 1 aromatic carbocycles. The Hall–Kier alpha value is -3.40. The van der Waals surface area contributed by atoms with Gasteiger partial charge in [0.15, 0.2) is 0 Å². The van der Waals surface area contributed by atoms with Gasteiger partial charge in [-0.1, -0.05) is 12.1 Å². The van der Waals surface area contributed by atoms with Gasteiger partial charge < -0.3 is 13.9 Å². The molecule has 3 rings (SSSR count). The second-order valence-electron chi connectivity index (χ2n) is 6.46. The summed E-state index contributed by atoms with van der Waals surface area (Å²) in [6.45, 7) is 3.82. The zero-order valence-corrected chi connectivity index (χ0v) is 16.2. The summed E-state index contributed by atoms with van der Waals surface area (Å²) in [7, 11) is 1.51. The van der Waals surface area contributed by atoms with Crippen LogP contribution >= 0.6 is 0 Å². The van der Waals surface area contributed by atoms with E-state index in [0.29, 0.717) is 22.5 Å². The van der Waals surface area contributed by atoms with Gasteiger partial charge in [-0.25, -0.2) is 0 Å². The predicted molar refractivity (Wildman–Crippen MR) is 102 cm³/mol. The number of allylic oxidation sites excluding steroid dienone is 2. The Bertz CT molecular complexity index is 967. The average Bonchev–Trinajstić information content (AvgIpc) is 3.21. The van der Waals surface area contributed by atoms with E-state index in [9.17, 15) is 14.9 Å². The summed E-state index contributed by atoms with van der Waals surface area (Å²) in [6, 6.07) is 6.11. The molecule has 2 atom stereocenters. The molecule has 0 N–H and O–H groups in total. The summed E-state index contributed by atoms with van der Waals surface area (Å²) in [5, 5.41) is 19.0. The fourth-order valence-corrected chi connectivity index (χ4v) is 3.42. The van der Waals surface area contributed by atoms with Crippen LogP contribution in [0.25, 0.3) is 5.57 Å². The number of methoxy groups -OCH3 is 1. The summed E-state index contributed by atoms with van der Waals surface area (Å²) in [6.07, 6.45) is 1.18. The second-order valence-corrected chi connectivity index (χ2v) is 6.46. The van der Waals surface area contributed by atoms with Gasteiger partial charge in [0.25, 0.3) is 5.69 Å².